The molecule has 92 valence electrons. The van der Waals surface area contributed by atoms with Gasteiger partial charge in [0.1, 0.15) is 6.04 Å². The SMILES string of the molecule is COC(=O)C1CCCCN1C(=O)CCSC. The monoisotopic (exact) mass is 245 g/mol. The van der Waals surface area contributed by atoms with Gasteiger partial charge in [-0.3, -0.25) is 4.79 Å². The number of carbonyl (C=O) groups excluding carboxylic acids is 2. The summed E-state index contributed by atoms with van der Waals surface area (Å²) >= 11 is 1.65. The van der Waals surface area contributed by atoms with Crippen LogP contribution in [-0.4, -0.2) is 48.5 Å². The van der Waals surface area contributed by atoms with Gasteiger partial charge in [-0.2, -0.15) is 11.8 Å². The molecule has 1 saturated heterocycles. The van der Waals surface area contributed by atoms with Crippen molar-refractivity contribution < 1.29 is 14.3 Å². The van der Waals surface area contributed by atoms with Crippen LogP contribution in [0.25, 0.3) is 0 Å². The zero-order valence-electron chi connectivity index (χ0n) is 9.90. The van der Waals surface area contributed by atoms with Crippen molar-refractivity contribution in [3.05, 3.63) is 0 Å². The van der Waals surface area contributed by atoms with Crippen LogP contribution in [-0.2, 0) is 14.3 Å². The number of piperidine rings is 1. The first kappa shape index (κ1) is 13.4. The normalized spacial score (nSPS) is 20.6. The smallest absolute Gasteiger partial charge is 0.328 e. The van der Waals surface area contributed by atoms with E-state index in [9.17, 15) is 9.59 Å². The van der Waals surface area contributed by atoms with Crippen LogP contribution >= 0.6 is 11.8 Å². The molecule has 1 unspecified atom stereocenters. The quantitative estimate of drug-likeness (QED) is 0.700. The molecule has 4 nitrogen and oxygen atoms in total. The Morgan fingerprint density at radius 3 is 2.81 bits per heavy atom. The third kappa shape index (κ3) is 3.40. The predicted octanol–water partition coefficient (Wildman–Crippen LogP) is 1.29. The summed E-state index contributed by atoms with van der Waals surface area (Å²) in [5.41, 5.74) is 0. The third-order valence-corrected chi connectivity index (χ3v) is 3.43. The van der Waals surface area contributed by atoms with Gasteiger partial charge in [0.2, 0.25) is 5.91 Å². The molecule has 0 aromatic rings. The van der Waals surface area contributed by atoms with Crippen molar-refractivity contribution in [1.82, 2.24) is 4.90 Å². The maximum absolute atomic E-state index is 11.9. The minimum Gasteiger partial charge on any atom is -0.467 e. The molecule has 1 rings (SSSR count). The molecule has 0 aromatic heterocycles. The molecular weight excluding hydrogens is 226 g/mol. The fourth-order valence-corrected chi connectivity index (χ4v) is 2.32. The number of amides is 1. The van der Waals surface area contributed by atoms with Crippen LogP contribution < -0.4 is 0 Å². The van der Waals surface area contributed by atoms with Gasteiger partial charge in [0.05, 0.1) is 7.11 Å². The van der Waals surface area contributed by atoms with Crippen molar-refractivity contribution in [2.75, 3.05) is 25.7 Å². The summed E-state index contributed by atoms with van der Waals surface area (Å²) in [4.78, 5) is 25.1. The van der Waals surface area contributed by atoms with E-state index in [0.29, 0.717) is 13.0 Å². The minimum absolute atomic E-state index is 0.0736. The van der Waals surface area contributed by atoms with Gasteiger partial charge in [-0.1, -0.05) is 0 Å². The fraction of sp³-hybridized carbons (Fsp3) is 0.818. The van der Waals surface area contributed by atoms with Crippen molar-refractivity contribution >= 4 is 23.6 Å². The van der Waals surface area contributed by atoms with Crippen LogP contribution in [0.1, 0.15) is 25.7 Å². The largest absolute Gasteiger partial charge is 0.467 e. The Morgan fingerprint density at radius 1 is 1.44 bits per heavy atom. The number of likely N-dealkylation sites (tertiary alicyclic amines) is 1. The van der Waals surface area contributed by atoms with Crippen LogP contribution in [0.2, 0.25) is 0 Å². The summed E-state index contributed by atoms with van der Waals surface area (Å²) < 4.78 is 4.74. The highest BCUT2D eigenvalue weighted by Gasteiger charge is 2.32. The van der Waals surface area contributed by atoms with E-state index >= 15 is 0 Å². The number of hydrogen-bond donors (Lipinski definition) is 0. The molecule has 0 spiro atoms. The number of hydrogen-bond acceptors (Lipinski definition) is 4. The fourth-order valence-electron chi connectivity index (χ4n) is 1.94. The molecule has 5 heteroatoms. The molecule has 0 aliphatic carbocycles. The zero-order chi connectivity index (χ0) is 12.0. The van der Waals surface area contributed by atoms with Gasteiger partial charge in [0, 0.05) is 18.7 Å². The first-order valence-corrected chi connectivity index (χ1v) is 6.96. The number of methoxy groups -OCH3 is 1. The van der Waals surface area contributed by atoms with E-state index in [1.165, 1.54) is 7.11 Å². The average molecular weight is 245 g/mol. The predicted molar refractivity (Wildman–Crippen MR) is 64.4 cm³/mol. The second-order valence-corrected chi connectivity index (χ2v) is 4.85. The van der Waals surface area contributed by atoms with Gasteiger partial charge in [0.25, 0.3) is 0 Å². The molecular formula is C11H19NO3S. The standard InChI is InChI=1S/C11H19NO3S/c1-15-11(14)9-5-3-4-7-12(9)10(13)6-8-16-2/h9H,3-8H2,1-2H3. The Hall–Kier alpha value is -0.710. The lowest BCUT2D eigenvalue weighted by atomic mass is 10.0. The van der Waals surface area contributed by atoms with Crippen LogP contribution in [0, 0.1) is 0 Å². The number of ether oxygens (including phenoxy) is 1. The van der Waals surface area contributed by atoms with Crippen molar-refractivity contribution in [3.8, 4) is 0 Å². The topological polar surface area (TPSA) is 46.6 Å². The molecule has 1 heterocycles. The Morgan fingerprint density at radius 2 is 2.19 bits per heavy atom. The van der Waals surface area contributed by atoms with Crippen LogP contribution in [0.4, 0.5) is 0 Å². The van der Waals surface area contributed by atoms with Crippen LogP contribution in [0.3, 0.4) is 0 Å². The molecule has 1 aliphatic heterocycles. The third-order valence-electron chi connectivity index (χ3n) is 2.82. The van der Waals surface area contributed by atoms with Crippen molar-refractivity contribution in [3.63, 3.8) is 0 Å². The highest BCUT2D eigenvalue weighted by molar-refractivity contribution is 7.98. The molecule has 1 amide bonds. The molecule has 1 aliphatic rings. The first-order valence-electron chi connectivity index (χ1n) is 5.57. The number of carbonyl (C=O) groups is 2. The van der Waals surface area contributed by atoms with Gasteiger partial charge < -0.3 is 9.64 Å². The summed E-state index contributed by atoms with van der Waals surface area (Å²) in [6, 6.07) is -0.354. The van der Waals surface area contributed by atoms with E-state index in [1.54, 1.807) is 16.7 Å². The van der Waals surface area contributed by atoms with Gasteiger partial charge in [-0.25, -0.2) is 4.79 Å². The van der Waals surface area contributed by atoms with Crippen molar-refractivity contribution in [2.24, 2.45) is 0 Å². The summed E-state index contributed by atoms with van der Waals surface area (Å²) in [5.74, 6) is 0.602. The van der Waals surface area contributed by atoms with Gasteiger partial charge >= 0.3 is 5.97 Å². The molecule has 0 aromatic carbocycles. The van der Waals surface area contributed by atoms with Crippen molar-refractivity contribution in [2.45, 2.75) is 31.7 Å². The van der Waals surface area contributed by atoms with E-state index in [4.69, 9.17) is 4.74 Å². The molecule has 1 fully saturated rings. The van der Waals surface area contributed by atoms with Gasteiger partial charge in [-0.05, 0) is 25.5 Å². The number of rotatable bonds is 4. The lowest BCUT2D eigenvalue weighted by Gasteiger charge is -2.33. The summed E-state index contributed by atoms with van der Waals surface area (Å²) in [7, 11) is 1.38. The second kappa shape index (κ2) is 6.78. The van der Waals surface area contributed by atoms with Crippen LogP contribution in [0.5, 0.6) is 0 Å². The van der Waals surface area contributed by atoms with E-state index in [0.717, 1.165) is 25.0 Å². The van der Waals surface area contributed by atoms with Gasteiger partial charge in [0.15, 0.2) is 0 Å². The average Bonchev–Trinajstić information content (AvgIpc) is 2.35. The second-order valence-electron chi connectivity index (χ2n) is 3.86. The van der Waals surface area contributed by atoms with Crippen LogP contribution in [0.15, 0.2) is 0 Å². The first-order chi connectivity index (χ1) is 7.70. The maximum Gasteiger partial charge on any atom is 0.328 e. The highest BCUT2D eigenvalue weighted by atomic mass is 32.2. The van der Waals surface area contributed by atoms with Crippen molar-refractivity contribution in [1.29, 1.82) is 0 Å². The highest BCUT2D eigenvalue weighted by Crippen LogP contribution is 2.19. The number of nitrogens with zero attached hydrogens (tertiary/aromatic N) is 1. The molecule has 0 N–H and O–H groups in total. The molecule has 0 bridgehead atoms. The number of thioether (sulfide) groups is 1. The summed E-state index contributed by atoms with van der Waals surface area (Å²) in [6.45, 7) is 0.687. The Labute approximate surface area is 101 Å². The van der Waals surface area contributed by atoms with E-state index in [2.05, 4.69) is 0 Å². The Kier molecular flexibility index (Phi) is 5.66. The summed E-state index contributed by atoms with van der Waals surface area (Å²) in [6.07, 6.45) is 5.19. The Bertz CT molecular complexity index is 258. The lowest BCUT2D eigenvalue weighted by molar-refractivity contribution is -0.154. The number of esters is 1. The molecule has 0 radical (unpaired) electrons. The van der Waals surface area contributed by atoms with Gasteiger partial charge in [-0.15, -0.1) is 0 Å². The molecule has 16 heavy (non-hydrogen) atoms. The minimum atomic E-state index is -0.354. The summed E-state index contributed by atoms with van der Waals surface area (Å²) in [5, 5.41) is 0. The van der Waals surface area contributed by atoms with E-state index < -0.39 is 0 Å². The lowest BCUT2D eigenvalue weighted by Crippen LogP contribution is -2.48. The molecule has 1 atom stereocenters. The Balaban J connectivity index is 2.59. The zero-order valence-corrected chi connectivity index (χ0v) is 10.7. The molecule has 0 saturated carbocycles. The van der Waals surface area contributed by atoms with E-state index in [1.807, 2.05) is 6.26 Å². The maximum atomic E-state index is 11.9. The van der Waals surface area contributed by atoms with E-state index in [-0.39, 0.29) is 17.9 Å².